The standard InChI is InChI=1S/C13H16BrClN2O2S/c14-10-2-1-3-11(15)12(10)20(18,19)17-7-5-13(9-17)4-6-16-8-13/h1-3,16H,4-9H2. The van der Waals surface area contributed by atoms with Crippen molar-refractivity contribution < 1.29 is 8.42 Å². The van der Waals surface area contributed by atoms with Crippen molar-refractivity contribution in [3.8, 4) is 0 Å². The Morgan fingerprint density at radius 2 is 2.15 bits per heavy atom. The van der Waals surface area contributed by atoms with Gasteiger partial charge in [0.25, 0.3) is 0 Å². The number of nitrogens with one attached hydrogen (secondary N) is 1. The van der Waals surface area contributed by atoms with Crippen LogP contribution >= 0.6 is 27.5 Å². The van der Waals surface area contributed by atoms with Gasteiger partial charge in [0.2, 0.25) is 10.0 Å². The van der Waals surface area contributed by atoms with Crippen LogP contribution in [-0.2, 0) is 10.0 Å². The first-order valence-electron chi connectivity index (χ1n) is 6.60. The summed E-state index contributed by atoms with van der Waals surface area (Å²) in [5.74, 6) is 0. The number of hydrogen-bond donors (Lipinski definition) is 1. The van der Waals surface area contributed by atoms with Crippen molar-refractivity contribution in [1.29, 1.82) is 0 Å². The fourth-order valence-electron chi connectivity index (χ4n) is 3.10. The van der Waals surface area contributed by atoms with Crippen molar-refractivity contribution in [3.63, 3.8) is 0 Å². The van der Waals surface area contributed by atoms with E-state index < -0.39 is 10.0 Å². The highest BCUT2D eigenvalue weighted by Crippen LogP contribution is 2.40. The van der Waals surface area contributed by atoms with Crippen molar-refractivity contribution in [2.75, 3.05) is 26.2 Å². The Kier molecular flexibility index (Phi) is 3.88. The summed E-state index contributed by atoms with van der Waals surface area (Å²) in [5.41, 5.74) is 0.112. The molecule has 2 aliphatic rings. The van der Waals surface area contributed by atoms with Gasteiger partial charge in [-0.05, 0) is 52.9 Å². The average molecular weight is 380 g/mol. The van der Waals surface area contributed by atoms with Gasteiger partial charge in [-0.2, -0.15) is 4.31 Å². The van der Waals surface area contributed by atoms with E-state index >= 15 is 0 Å². The van der Waals surface area contributed by atoms with E-state index in [0.717, 1.165) is 25.9 Å². The van der Waals surface area contributed by atoms with Crippen LogP contribution in [0.25, 0.3) is 0 Å². The Bertz CT molecular complexity index is 609. The minimum Gasteiger partial charge on any atom is -0.316 e. The third kappa shape index (κ3) is 2.41. The molecule has 1 N–H and O–H groups in total. The van der Waals surface area contributed by atoms with Gasteiger partial charge in [-0.15, -0.1) is 0 Å². The quantitative estimate of drug-likeness (QED) is 0.859. The summed E-state index contributed by atoms with van der Waals surface area (Å²) >= 11 is 9.40. The van der Waals surface area contributed by atoms with E-state index in [2.05, 4.69) is 21.2 Å². The Balaban J connectivity index is 1.94. The normalized spacial score (nSPS) is 27.5. The van der Waals surface area contributed by atoms with Crippen molar-refractivity contribution in [3.05, 3.63) is 27.7 Å². The number of rotatable bonds is 2. The lowest BCUT2D eigenvalue weighted by molar-refractivity contribution is 0.338. The fourth-order valence-corrected chi connectivity index (χ4v) is 6.32. The molecule has 2 aliphatic heterocycles. The van der Waals surface area contributed by atoms with Crippen LogP contribution in [0.3, 0.4) is 0 Å². The zero-order valence-electron chi connectivity index (χ0n) is 10.9. The maximum atomic E-state index is 12.8. The highest BCUT2D eigenvalue weighted by Gasteiger charge is 2.45. The summed E-state index contributed by atoms with van der Waals surface area (Å²) in [6.07, 6.45) is 1.96. The lowest BCUT2D eigenvalue weighted by atomic mass is 9.87. The summed E-state index contributed by atoms with van der Waals surface area (Å²) in [4.78, 5) is 0.185. The number of benzene rings is 1. The second-order valence-corrected chi connectivity index (χ2v) is 8.70. The van der Waals surface area contributed by atoms with Gasteiger partial charge in [0.15, 0.2) is 0 Å². The molecular formula is C13H16BrClN2O2S. The predicted octanol–water partition coefficient (Wildman–Crippen LogP) is 2.48. The summed E-state index contributed by atoms with van der Waals surface area (Å²) < 4.78 is 27.7. The molecule has 3 rings (SSSR count). The van der Waals surface area contributed by atoms with Crippen molar-refractivity contribution >= 4 is 37.6 Å². The van der Waals surface area contributed by atoms with Crippen LogP contribution in [0, 0.1) is 5.41 Å². The highest BCUT2D eigenvalue weighted by molar-refractivity contribution is 9.10. The summed E-state index contributed by atoms with van der Waals surface area (Å²) in [6, 6.07) is 5.06. The van der Waals surface area contributed by atoms with Gasteiger partial charge in [0, 0.05) is 24.1 Å². The lowest BCUT2D eigenvalue weighted by Gasteiger charge is -2.23. The summed E-state index contributed by atoms with van der Waals surface area (Å²) in [6.45, 7) is 3.04. The highest BCUT2D eigenvalue weighted by atomic mass is 79.9. The first kappa shape index (κ1) is 14.8. The molecule has 7 heteroatoms. The van der Waals surface area contributed by atoms with Gasteiger partial charge in [0.1, 0.15) is 4.90 Å². The van der Waals surface area contributed by atoms with Crippen LogP contribution in [0.1, 0.15) is 12.8 Å². The molecule has 1 atom stereocenters. The molecule has 0 saturated carbocycles. The second kappa shape index (κ2) is 5.25. The molecular weight excluding hydrogens is 364 g/mol. The van der Waals surface area contributed by atoms with Crippen LogP contribution < -0.4 is 5.32 Å². The van der Waals surface area contributed by atoms with Crippen LogP contribution in [0.15, 0.2) is 27.6 Å². The van der Waals surface area contributed by atoms with Crippen LogP contribution in [0.4, 0.5) is 0 Å². The van der Waals surface area contributed by atoms with Gasteiger partial charge in [-0.25, -0.2) is 8.42 Å². The third-order valence-electron chi connectivity index (χ3n) is 4.25. The Hall–Kier alpha value is -0.140. The first-order valence-corrected chi connectivity index (χ1v) is 9.21. The van der Waals surface area contributed by atoms with Crippen molar-refractivity contribution in [2.24, 2.45) is 5.41 Å². The van der Waals surface area contributed by atoms with Crippen LogP contribution in [0.2, 0.25) is 5.02 Å². The molecule has 1 spiro atoms. The maximum absolute atomic E-state index is 12.8. The monoisotopic (exact) mass is 378 g/mol. The van der Waals surface area contributed by atoms with E-state index in [-0.39, 0.29) is 15.3 Å². The number of sulfonamides is 1. The van der Waals surface area contributed by atoms with E-state index in [1.807, 2.05) is 0 Å². The van der Waals surface area contributed by atoms with Gasteiger partial charge < -0.3 is 5.32 Å². The maximum Gasteiger partial charge on any atom is 0.245 e. The summed E-state index contributed by atoms with van der Waals surface area (Å²) in [7, 11) is -3.54. The molecule has 2 heterocycles. The lowest BCUT2D eigenvalue weighted by Crippen LogP contribution is -2.33. The molecule has 0 aliphatic carbocycles. The smallest absolute Gasteiger partial charge is 0.245 e. The summed E-state index contributed by atoms with van der Waals surface area (Å²) in [5, 5.41) is 3.60. The second-order valence-electron chi connectivity index (χ2n) is 5.57. The minimum atomic E-state index is -3.54. The molecule has 1 aromatic rings. The van der Waals surface area contributed by atoms with Crippen LogP contribution in [0.5, 0.6) is 0 Å². The number of halogens is 2. The zero-order chi connectivity index (χ0) is 14.4. The van der Waals surface area contributed by atoms with Gasteiger partial charge >= 0.3 is 0 Å². The SMILES string of the molecule is O=S(=O)(c1c(Cl)cccc1Br)N1CCC2(CCNC2)C1. The van der Waals surface area contributed by atoms with E-state index in [0.29, 0.717) is 17.6 Å². The number of hydrogen-bond acceptors (Lipinski definition) is 3. The molecule has 4 nitrogen and oxygen atoms in total. The molecule has 0 radical (unpaired) electrons. The Morgan fingerprint density at radius 3 is 2.80 bits per heavy atom. The van der Waals surface area contributed by atoms with E-state index in [1.165, 1.54) is 0 Å². The van der Waals surface area contributed by atoms with E-state index in [1.54, 1.807) is 22.5 Å². The molecule has 1 aromatic carbocycles. The molecule has 0 aromatic heterocycles. The number of nitrogens with zero attached hydrogens (tertiary/aromatic N) is 1. The fraction of sp³-hybridized carbons (Fsp3) is 0.538. The minimum absolute atomic E-state index is 0.112. The third-order valence-corrected chi connectivity index (χ3v) is 7.55. The first-order chi connectivity index (χ1) is 9.45. The topological polar surface area (TPSA) is 49.4 Å². The molecule has 2 fully saturated rings. The molecule has 110 valence electrons. The average Bonchev–Trinajstić information content (AvgIpc) is 3.00. The van der Waals surface area contributed by atoms with Gasteiger partial charge in [-0.1, -0.05) is 17.7 Å². The predicted molar refractivity (Wildman–Crippen MR) is 82.4 cm³/mol. The van der Waals surface area contributed by atoms with Crippen LogP contribution in [-0.4, -0.2) is 38.9 Å². The molecule has 2 saturated heterocycles. The molecule has 20 heavy (non-hydrogen) atoms. The molecule has 0 amide bonds. The largest absolute Gasteiger partial charge is 0.316 e. The van der Waals surface area contributed by atoms with Gasteiger partial charge in [0.05, 0.1) is 5.02 Å². The molecule has 0 bridgehead atoms. The molecule has 1 unspecified atom stereocenters. The van der Waals surface area contributed by atoms with E-state index in [9.17, 15) is 8.42 Å². The Morgan fingerprint density at radius 1 is 1.35 bits per heavy atom. The van der Waals surface area contributed by atoms with Crippen molar-refractivity contribution in [2.45, 2.75) is 17.7 Å². The van der Waals surface area contributed by atoms with Crippen molar-refractivity contribution in [1.82, 2.24) is 9.62 Å². The Labute approximate surface area is 132 Å². The van der Waals surface area contributed by atoms with E-state index in [4.69, 9.17) is 11.6 Å². The zero-order valence-corrected chi connectivity index (χ0v) is 14.1. The van der Waals surface area contributed by atoms with Gasteiger partial charge in [-0.3, -0.25) is 0 Å².